The van der Waals surface area contributed by atoms with Crippen molar-refractivity contribution < 1.29 is 19.4 Å². The van der Waals surface area contributed by atoms with Gasteiger partial charge in [-0.15, -0.1) is 11.3 Å². The average molecular weight is 394 g/mol. The summed E-state index contributed by atoms with van der Waals surface area (Å²) in [4.78, 5) is 12.4. The lowest BCUT2D eigenvalue weighted by Gasteiger charge is -2.13. The van der Waals surface area contributed by atoms with Crippen molar-refractivity contribution in [3.63, 3.8) is 0 Å². The molecule has 0 saturated heterocycles. The molecule has 3 aromatic rings. The highest BCUT2D eigenvalue weighted by Gasteiger charge is 2.13. The molecule has 144 valence electrons. The Bertz CT molecular complexity index is 954. The van der Waals surface area contributed by atoms with Crippen LogP contribution < -0.4 is 9.47 Å². The number of para-hydroxylation sites is 2. The van der Waals surface area contributed by atoms with Crippen molar-refractivity contribution in [2.45, 2.75) is 13.8 Å². The highest BCUT2D eigenvalue weighted by atomic mass is 32.1. The van der Waals surface area contributed by atoms with Crippen LogP contribution in [-0.2, 0) is 4.79 Å². The van der Waals surface area contributed by atoms with E-state index in [1.807, 2.05) is 67.8 Å². The molecule has 3 rings (SSSR count). The summed E-state index contributed by atoms with van der Waals surface area (Å²) in [5.41, 5.74) is 3.15. The number of ether oxygens (including phenoxy) is 2. The molecule has 1 aromatic heterocycles. The van der Waals surface area contributed by atoms with E-state index in [1.54, 1.807) is 12.1 Å². The summed E-state index contributed by atoms with van der Waals surface area (Å²) >= 11 is 1.40. The number of benzene rings is 2. The fraction of sp³-hybridized carbons (Fsp3) is 0.174. The number of carboxylic acid groups (broad SMARTS) is 1. The Morgan fingerprint density at radius 1 is 0.964 bits per heavy atom. The molecule has 0 bridgehead atoms. The van der Waals surface area contributed by atoms with E-state index >= 15 is 0 Å². The first-order valence-electron chi connectivity index (χ1n) is 8.96. The Balaban J connectivity index is 1.71. The Labute approximate surface area is 168 Å². The summed E-state index contributed by atoms with van der Waals surface area (Å²) in [6, 6.07) is 17.1. The molecule has 28 heavy (non-hydrogen) atoms. The van der Waals surface area contributed by atoms with Crippen molar-refractivity contribution in [2.24, 2.45) is 0 Å². The van der Waals surface area contributed by atoms with Crippen LogP contribution >= 0.6 is 11.3 Å². The van der Waals surface area contributed by atoms with Crippen molar-refractivity contribution in [2.75, 3.05) is 13.2 Å². The first-order valence-corrected chi connectivity index (χ1v) is 9.84. The predicted octanol–water partition coefficient (Wildman–Crippen LogP) is 5.45. The van der Waals surface area contributed by atoms with Crippen molar-refractivity contribution in [1.82, 2.24) is 0 Å². The van der Waals surface area contributed by atoms with Crippen LogP contribution in [0.4, 0.5) is 0 Å². The second-order valence-electron chi connectivity index (χ2n) is 6.30. The van der Waals surface area contributed by atoms with E-state index in [2.05, 4.69) is 0 Å². The van der Waals surface area contributed by atoms with E-state index < -0.39 is 5.97 Å². The van der Waals surface area contributed by atoms with Crippen LogP contribution in [0.25, 0.3) is 11.6 Å². The van der Waals surface area contributed by atoms with Crippen molar-refractivity contribution in [3.05, 3.63) is 81.5 Å². The Morgan fingerprint density at radius 2 is 1.68 bits per heavy atom. The zero-order chi connectivity index (χ0) is 19.9. The fourth-order valence-corrected chi connectivity index (χ4v) is 3.61. The van der Waals surface area contributed by atoms with Gasteiger partial charge in [-0.2, -0.15) is 0 Å². The summed E-state index contributed by atoms with van der Waals surface area (Å²) in [7, 11) is 0. The molecular formula is C23H22O4S. The molecular weight excluding hydrogens is 372 g/mol. The summed E-state index contributed by atoms with van der Waals surface area (Å²) in [5, 5.41) is 11.4. The van der Waals surface area contributed by atoms with Crippen LogP contribution in [0.3, 0.4) is 0 Å². The topological polar surface area (TPSA) is 55.8 Å². The molecule has 1 heterocycles. The number of carbonyl (C=O) groups is 1. The van der Waals surface area contributed by atoms with Gasteiger partial charge in [0, 0.05) is 10.4 Å². The molecule has 0 atom stereocenters. The molecule has 0 amide bonds. The minimum atomic E-state index is -0.962. The number of hydrogen-bond donors (Lipinski definition) is 1. The quantitative estimate of drug-likeness (QED) is 0.408. The number of hydrogen-bond acceptors (Lipinski definition) is 4. The maximum Gasteiger partial charge on any atom is 0.337 e. The molecule has 4 nitrogen and oxygen atoms in total. The molecule has 0 aliphatic rings. The van der Waals surface area contributed by atoms with Crippen molar-refractivity contribution in [3.8, 4) is 11.5 Å². The van der Waals surface area contributed by atoms with Gasteiger partial charge in [0.25, 0.3) is 0 Å². The number of aryl methyl sites for hydroxylation is 2. The van der Waals surface area contributed by atoms with Gasteiger partial charge in [-0.05, 0) is 48.6 Å². The molecule has 0 radical (unpaired) electrons. The van der Waals surface area contributed by atoms with Gasteiger partial charge in [-0.3, -0.25) is 0 Å². The summed E-state index contributed by atoms with van der Waals surface area (Å²) in [6.07, 6.45) is 1.65. The van der Waals surface area contributed by atoms with Crippen LogP contribution in [0.1, 0.15) is 21.6 Å². The molecule has 2 aromatic carbocycles. The zero-order valence-electron chi connectivity index (χ0n) is 15.8. The highest BCUT2D eigenvalue weighted by Crippen LogP contribution is 2.27. The van der Waals surface area contributed by atoms with Gasteiger partial charge in [0.15, 0.2) is 0 Å². The number of rotatable bonds is 8. The van der Waals surface area contributed by atoms with E-state index in [-0.39, 0.29) is 5.57 Å². The number of thiophene rings is 1. The van der Waals surface area contributed by atoms with E-state index in [1.165, 1.54) is 11.3 Å². The van der Waals surface area contributed by atoms with Crippen LogP contribution in [0, 0.1) is 13.8 Å². The van der Waals surface area contributed by atoms with E-state index in [0.29, 0.717) is 23.8 Å². The smallest absolute Gasteiger partial charge is 0.337 e. The molecule has 0 unspecified atom stereocenters. The van der Waals surface area contributed by atoms with Crippen molar-refractivity contribution in [1.29, 1.82) is 0 Å². The molecule has 1 N–H and O–H groups in total. The van der Waals surface area contributed by atoms with Crippen LogP contribution in [0.2, 0.25) is 0 Å². The number of carboxylic acids is 1. The fourth-order valence-electron chi connectivity index (χ4n) is 2.88. The molecule has 0 aliphatic heterocycles. The summed E-state index contributed by atoms with van der Waals surface area (Å²) < 4.78 is 11.8. The monoisotopic (exact) mass is 394 g/mol. The summed E-state index contributed by atoms with van der Waals surface area (Å²) in [6.45, 7) is 4.79. The maximum absolute atomic E-state index is 11.7. The van der Waals surface area contributed by atoms with Crippen LogP contribution in [0.15, 0.2) is 60.0 Å². The lowest BCUT2D eigenvalue weighted by Crippen LogP contribution is -2.11. The number of aliphatic carboxylic acids is 1. The van der Waals surface area contributed by atoms with E-state index in [0.717, 1.165) is 22.4 Å². The lowest BCUT2D eigenvalue weighted by molar-refractivity contribution is -0.130. The predicted molar refractivity (Wildman–Crippen MR) is 113 cm³/mol. The zero-order valence-corrected chi connectivity index (χ0v) is 16.7. The van der Waals surface area contributed by atoms with Gasteiger partial charge in [-0.1, -0.05) is 42.5 Å². The average Bonchev–Trinajstić information content (AvgIpc) is 3.20. The second-order valence-corrected chi connectivity index (χ2v) is 7.24. The van der Waals surface area contributed by atoms with Crippen LogP contribution in [-0.4, -0.2) is 24.3 Å². The molecule has 0 saturated carbocycles. The summed E-state index contributed by atoms with van der Waals surface area (Å²) in [5.74, 6) is 0.545. The molecule has 0 spiro atoms. The van der Waals surface area contributed by atoms with Gasteiger partial charge >= 0.3 is 5.97 Å². The van der Waals surface area contributed by atoms with Gasteiger partial charge in [0.05, 0.1) is 5.57 Å². The van der Waals surface area contributed by atoms with Gasteiger partial charge in [-0.25, -0.2) is 4.79 Å². The normalized spacial score (nSPS) is 11.3. The van der Waals surface area contributed by atoms with Gasteiger partial charge < -0.3 is 14.6 Å². The lowest BCUT2D eigenvalue weighted by atomic mass is 10.1. The molecule has 0 aliphatic carbocycles. The Kier molecular flexibility index (Phi) is 6.50. The second kappa shape index (κ2) is 9.24. The third kappa shape index (κ3) is 4.81. The first kappa shape index (κ1) is 19.7. The largest absolute Gasteiger partial charge is 0.489 e. The first-order chi connectivity index (χ1) is 13.6. The third-order valence-electron chi connectivity index (χ3n) is 4.23. The SMILES string of the molecule is Cc1cccc(C)c1OCCOc1ccccc1/C=C(\C(=O)O)c1cccs1. The highest BCUT2D eigenvalue weighted by molar-refractivity contribution is 7.11. The van der Waals surface area contributed by atoms with Gasteiger partial charge in [0.2, 0.25) is 0 Å². The van der Waals surface area contributed by atoms with Crippen molar-refractivity contribution >= 4 is 29.0 Å². The minimum Gasteiger partial charge on any atom is -0.489 e. The van der Waals surface area contributed by atoms with Crippen LogP contribution in [0.5, 0.6) is 11.5 Å². The Morgan fingerprint density at radius 3 is 2.36 bits per heavy atom. The van der Waals surface area contributed by atoms with E-state index in [4.69, 9.17) is 9.47 Å². The van der Waals surface area contributed by atoms with E-state index in [9.17, 15) is 9.90 Å². The maximum atomic E-state index is 11.7. The standard InChI is InChI=1S/C23H22O4S/c1-16-7-5-8-17(2)22(16)27-13-12-26-20-10-4-3-9-18(20)15-19(23(24)25)21-11-6-14-28-21/h3-11,14-15H,12-13H2,1-2H3,(H,24,25)/b19-15-. The molecule has 5 heteroatoms. The minimum absolute atomic E-state index is 0.248. The van der Waals surface area contributed by atoms with Gasteiger partial charge in [0.1, 0.15) is 24.7 Å². The Hall–Kier alpha value is -3.05. The molecule has 0 fully saturated rings. The third-order valence-corrected chi connectivity index (χ3v) is 5.14.